The highest BCUT2D eigenvalue weighted by Gasteiger charge is 2.25. The third-order valence-electron chi connectivity index (χ3n) is 5.29. The van der Waals surface area contributed by atoms with Crippen LogP contribution in [0.1, 0.15) is 45.1 Å². The van der Waals surface area contributed by atoms with E-state index in [2.05, 4.69) is 33.9 Å². The first-order chi connectivity index (χ1) is 13.2. The molecule has 0 aliphatic carbocycles. The zero-order chi connectivity index (χ0) is 20.6. The summed E-state index contributed by atoms with van der Waals surface area (Å²) in [7, 11) is -3.58. The number of carboxylic acids is 1. The molecule has 1 aliphatic rings. The second-order valence-electron chi connectivity index (χ2n) is 8.29. The summed E-state index contributed by atoms with van der Waals surface area (Å²) in [5.41, 5.74) is 1.38. The molecule has 1 heterocycles. The number of carbonyl (C=O) groups is 1. The molecule has 0 bridgehead atoms. The number of benzene rings is 1. The van der Waals surface area contributed by atoms with Gasteiger partial charge in [-0.15, -0.1) is 0 Å². The van der Waals surface area contributed by atoms with Crippen molar-refractivity contribution in [2.75, 3.05) is 25.4 Å². The molecule has 6 nitrogen and oxygen atoms in total. The summed E-state index contributed by atoms with van der Waals surface area (Å²) in [6.07, 6.45) is 4.19. The van der Waals surface area contributed by atoms with Crippen molar-refractivity contribution in [2.24, 2.45) is 11.8 Å². The molecule has 1 aromatic rings. The molecule has 0 saturated carbocycles. The Bertz CT molecular complexity index is 698. The lowest BCUT2D eigenvalue weighted by Crippen LogP contribution is -2.43. The molecular formula is C21H34N2O4S. The van der Waals surface area contributed by atoms with Gasteiger partial charge in [0.25, 0.3) is 0 Å². The Morgan fingerprint density at radius 2 is 1.86 bits per heavy atom. The van der Waals surface area contributed by atoms with Crippen LogP contribution in [0.15, 0.2) is 30.3 Å². The Hall–Kier alpha value is -1.44. The maximum Gasteiger partial charge on any atom is 0.321 e. The molecule has 0 radical (unpaired) electrons. The number of hydrogen-bond acceptors (Lipinski definition) is 4. The molecule has 0 spiro atoms. The van der Waals surface area contributed by atoms with E-state index in [-0.39, 0.29) is 11.7 Å². The molecular weight excluding hydrogens is 376 g/mol. The van der Waals surface area contributed by atoms with Gasteiger partial charge < -0.3 is 10.0 Å². The second kappa shape index (κ2) is 10.9. The lowest BCUT2D eigenvalue weighted by atomic mass is 9.90. The smallest absolute Gasteiger partial charge is 0.321 e. The topological polar surface area (TPSA) is 86.7 Å². The zero-order valence-electron chi connectivity index (χ0n) is 17.0. The van der Waals surface area contributed by atoms with Crippen LogP contribution in [-0.4, -0.2) is 55.8 Å². The fourth-order valence-electron chi connectivity index (χ4n) is 3.79. The van der Waals surface area contributed by atoms with Gasteiger partial charge in [-0.1, -0.05) is 44.2 Å². The van der Waals surface area contributed by atoms with Crippen molar-refractivity contribution in [3.8, 4) is 0 Å². The van der Waals surface area contributed by atoms with Crippen LogP contribution in [0.2, 0.25) is 0 Å². The van der Waals surface area contributed by atoms with Crippen LogP contribution in [0.5, 0.6) is 0 Å². The van der Waals surface area contributed by atoms with Gasteiger partial charge in [0, 0.05) is 0 Å². The van der Waals surface area contributed by atoms with E-state index in [0.29, 0.717) is 18.8 Å². The quantitative estimate of drug-likeness (QED) is 0.586. The van der Waals surface area contributed by atoms with Crippen LogP contribution in [0.4, 0.5) is 0 Å². The molecule has 1 saturated heterocycles. The summed E-state index contributed by atoms with van der Waals surface area (Å²) >= 11 is 0. The van der Waals surface area contributed by atoms with E-state index in [4.69, 9.17) is 0 Å². The minimum absolute atomic E-state index is 0.0289. The van der Waals surface area contributed by atoms with Crippen LogP contribution in [0.3, 0.4) is 0 Å². The normalized spacial score (nSPS) is 17.7. The first kappa shape index (κ1) is 22.8. The average Bonchev–Trinajstić information content (AvgIpc) is 2.63. The Kier molecular flexibility index (Phi) is 8.92. The molecule has 1 fully saturated rings. The van der Waals surface area contributed by atoms with E-state index in [1.54, 1.807) is 0 Å². The third kappa shape index (κ3) is 8.29. The maximum absolute atomic E-state index is 12.2. The first-order valence-corrected chi connectivity index (χ1v) is 11.9. The van der Waals surface area contributed by atoms with Crippen molar-refractivity contribution in [1.82, 2.24) is 9.62 Å². The van der Waals surface area contributed by atoms with Crippen molar-refractivity contribution in [3.63, 3.8) is 0 Å². The van der Waals surface area contributed by atoms with Crippen molar-refractivity contribution in [2.45, 2.75) is 52.0 Å². The van der Waals surface area contributed by atoms with Crippen LogP contribution >= 0.6 is 0 Å². The fourth-order valence-corrected chi connectivity index (χ4v) is 5.04. The lowest BCUT2D eigenvalue weighted by molar-refractivity contribution is -0.139. The summed E-state index contributed by atoms with van der Waals surface area (Å²) in [5, 5.41) is 9.21. The molecule has 28 heavy (non-hydrogen) atoms. The zero-order valence-corrected chi connectivity index (χ0v) is 17.8. The van der Waals surface area contributed by atoms with Crippen molar-refractivity contribution in [1.29, 1.82) is 0 Å². The molecule has 1 aliphatic heterocycles. The van der Waals surface area contributed by atoms with E-state index < -0.39 is 22.0 Å². The first-order valence-electron chi connectivity index (χ1n) is 10.2. The summed E-state index contributed by atoms with van der Waals surface area (Å²) in [6, 6.07) is 9.50. The Morgan fingerprint density at radius 3 is 2.43 bits per heavy atom. The molecule has 0 unspecified atom stereocenters. The highest BCUT2D eigenvalue weighted by atomic mass is 32.2. The lowest BCUT2D eigenvalue weighted by Gasteiger charge is -2.32. The van der Waals surface area contributed by atoms with Gasteiger partial charge in [-0.25, -0.2) is 13.1 Å². The number of piperidine rings is 1. The van der Waals surface area contributed by atoms with Gasteiger partial charge in [0.05, 0.1) is 5.75 Å². The summed E-state index contributed by atoms with van der Waals surface area (Å²) in [6.45, 7) is 6.49. The van der Waals surface area contributed by atoms with Crippen LogP contribution < -0.4 is 4.72 Å². The number of sulfonamides is 1. The summed E-state index contributed by atoms with van der Waals surface area (Å²) < 4.78 is 26.8. The van der Waals surface area contributed by atoms with Crippen molar-refractivity contribution < 1.29 is 18.3 Å². The number of carboxylic acid groups (broad SMARTS) is 1. The Labute approximate surface area is 169 Å². The van der Waals surface area contributed by atoms with Gasteiger partial charge in [-0.05, 0) is 69.1 Å². The van der Waals surface area contributed by atoms with Gasteiger partial charge in [-0.2, -0.15) is 0 Å². The fraction of sp³-hybridized carbons (Fsp3) is 0.667. The van der Waals surface area contributed by atoms with Crippen LogP contribution in [0.25, 0.3) is 0 Å². The minimum Gasteiger partial charge on any atom is -0.480 e. The number of likely N-dealkylation sites (tertiary alicyclic amines) is 1. The van der Waals surface area contributed by atoms with Crippen LogP contribution in [-0.2, 0) is 21.2 Å². The van der Waals surface area contributed by atoms with Gasteiger partial charge in [0.2, 0.25) is 10.0 Å². The predicted molar refractivity (Wildman–Crippen MR) is 112 cm³/mol. The number of rotatable bonds is 11. The van der Waals surface area contributed by atoms with E-state index in [9.17, 15) is 18.3 Å². The molecule has 7 heteroatoms. The maximum atomic E-state index is 12.2. The molecule has 1 aromatic carbocycles. The second-order valence-corrected chi connectivity index (χ2v) is 10.2. The summed E-state index contributed by atoms with van der Waals surface area (Å²) in [4.78, 5) is 13.6. The highest BCUT2D eigenvalue weighted by Crippen LogP contribution is 2.21. The third-order valence-corrected chi connectivity index (χ3v) is 6.76. The van der Waals surface area contributed by atoms with E-state index in [1.165, 1.54) is 5.56 Å². The Morgan fingerprint density at radius 1 is 1.21 bits per heavy atom. The number of aliphatic carboxylic acids is 1. The van der Waals surface area contributed by atoms with Gasteiger partial charge in [-0.3, -0.25) is 4.79 Å². The van der Waals surface area contributed by atoms with Gasteiger partial charge in [0.1, 0.15) is 6.04 Å². The van der Waals surface area contributed by atoms with E-state index in [0.717, 1.165) is 38.9 Å². The predicted octanol–water partition coefficient (Wildman–Crippen LogP) is 2.75. The summed E-state index contributed by atoms with van der Waals surface area (Å²) in [5.74, 6) is -0.339. The SMILES string of the molecule is CC(C)C[C@H](NS(=O)(=O)CCCN1CCC(Cc2ccccc2)CC1)C(=O)O. The number of nitrogens with one attached hydrogen (secondary N) is 1. The molecule has 2 N–H and O–H groups in total. The van der Waals surface area contributed by atoms with E-state index in [1.807, 2.05) is 19.9 Å². The molecule has 2 rings (SSSR count). The molecule has 0 amide bonds. The van der Waals surface area contributed by atoms with Gasteiger partial charge >= 0.3 is 5.97 Å². The van der Waals surface area contributed by atoms with Crippen molar-refractivity contribution in [3.05, 3.63) is 35.9 Å². The van der Waals surface area contributed by atoms with Gasteiger partial charge in [0.15, 0.2) is 0 Å². The monoisotopic (exact) mass is 410 g/mol. The molecule has 158 valence electrons. The highest BCUT2D eigenvalue weighted by molar-refractivity contribution is 7.89. The average molecular weight is 411 g/mol. The van der Waals surface area contributed by atoms with Crippen molar-refractivity contribution >= 4 is 16.0 Å². The largest absolute Gasteiger partial charge is 0.480 e. The molecule has 1 atom stereocenters. The van der Waals surface area contributed by atoms with Crippen LogP contribution in [0, 0.1) is 11.8 Å². The number of nitrogens with zero attached hydrogens (tertiary/aromatic N) is 1. The number of hydrogen-bond donors (Lipinski definition) is 2. The van der Waals surface area contributed by atoms with E-state index >= 15 is 0 Å². The molecule has 0 aromatic heterocycles. The minimum atomic E-state index is -3.58. The standard InChI is InChI=1S/C21H34N2O4S/c1-17(2)15-20(21(24)25)22-28(26,27)14-6-11-23-12-9-19(10-13-23)16-18-7-4-3-5-8-18/h3-5,7-8,17,19-20,22H,6,9-16H2,1-2H3,(H,24,25)/t20-/m0/s1. The Balaban J connectivity index is 1.69.